The maximum Gasteiger partial charge on any atom is 0.223 e. The summed E-state index contributed by atoms with van der Waals surface area (Å²) < 4.78 is 0. The minimum Gasteiger partial charge on any atom is -0.368 e. The molecule has 0 saturated carbocycles. The molecule has 1 atom stereocenters. The van der Waals surface area contributed by atoms with Crippen LogP contribution in [0.15, 0.2) is 64.9 Å². The summed E-state index contributed by atoms with van der Waals surface area (Å²) in [5.74, 6) is 0.972. The first-order valence-corrected chi connectivity index (χ1v) is 11.2. The van der Waals surface area contributed by atoms with Crippen molar-refractivity contribution in [2.24, 2.45) is 4.99 Å². The summed E-state index contributed by atoms with van der Waals surface area (Å²) in [6.45, 7) is 3.02. The van der Waals surface area contributed by atoms with Gasteiger partial charge in [-0.05, 0) is 30.5 Å². The maximum atomic E-state index is 5.88. The number of thioether (sulfide) groups is 1. The van der Waals surface area contributed by atoms with Crippen LogP contribution >= 0.6 is 11.8 Å². The zero-order valence-electron chi connectivity index (χ0n) is 17.2. The van der Waals surface area contributed by atoms with Gasteiger partial charge in [0.15, 0.2) is 5.65 Å². The summed E-state index contributed by atoms with van der Waals surface area (Å²) in [7, 11) is 0. The van der Waals surface area contributed by atoms with E-state index in [1.807, 2.05) is 0 Å². The number of aromatic nitrogens is 4. The van der Waals surface area contributed by atoms with Crippen LogP contribution in [0.3, 0.4) is 0 Å². The van der Waals surface area contributed by atoms with E-state index in [9.17, 15) is 0 Å². The number of nitrogens with two attached hydrogens (primary N) is 1. The fourth-order valence-corrected chi connectivity index (χ4v) is 4.79. The Labute approximate surface area is 184 Å². The predicted molar refractivity (Wildman–Crippen MR) is 124 cm³/mol. The molecule has 31 heavy (non-hydrogen) atoms. The average Bonchev–Trinajstić information content (AvgIpc) is 3.25. The van der Waals surface area contributed by atoms with Crippen LogP contribution in [0, 0.1) is 6.92 Å². The van der Waals surface area contributed by atoms with Gasteiger partial charge in [0.1, 0.15) is 16.7 Å². The summed E-state index contributed by atoms with van der Waals surface area (Å²) in [6, 6.07) is 16.8. The number of H-pyrrole nitrogens is 1. The molecule has 0 spiro atoms. The Kier molecular flexibility index (Phi) is 5.30. The first kappa shape index (κ1) is 19.6. The van der Waals surface area contributed by atoms with Crippen molar-refractivity contribution in [1.82, 2.24) is 24.8 Å². The van der Waals surface area contributed by atoms with Gasteiger partial charge < -0.3 is 15.6 Å². The number of hydrogen-bond donors (Lipinski definition) is 2. The largest absolute Gasteiger partial charge is 0.368 e. The monoisotopic (exact) mass is 429 g/mol. The summed E-state index contributed by atoms with van der Waals surface area (Å²) >= 11 is 1.62. The number of anilines is 1. The maximum absolute atomic E-state index is 5.88. The molecule has 2 aromatic carbocycles. The Bertz CT molecular complexity index is 1330. The lowest BCUT2D eigenvalue weighted by Crippen LogP contribution is -2.44. The molecule has 5 rings (SSSR count). The molecule has 0 fully saturated rings. The molecular formula is C23H23N7S. The highest BCUT2D eigenvalue weighted by molar-refractivity contribution is 7.99. The third-order valence-electron chi connectivity index (χ3n) is 5.41. The Hall–Kier alpha value is -3.39. The van der Waals surface area contributed by atoms with Gasteiger partial charge in [0, 0.05) is 23.7 Å². The average molecular weight is 430 g/mol. The van der Waals surface area contributed by atoms with Gasteiger partial charge >= 0.3 is 0 Å². The zero-order chi connectivity index (χ0) is 21.2. The van der Waals surface area contributed by atoms with E-state index >= 15 is 0 Å². The van der Waals surface area contributed by atoms with Gasteiger partial charge in [0.2, 0.25) is 5.95 Å². The summed E-state index contributed by atoms with van der Waals surface area (Å²) in [6.07, 6.45) is 4.83. The number of rotatable bonds is 6. The molecule has 7 nitrogen and oxygen atoms in total. The second-order valence-electron chi connectivity index (χ2n) is 7.52. The van der Waals surface area contributed by atoms with E-state index in [1.54, 1.807) is 18.1 Å². The number of aromatic amines is 1. The highest BCUT2D eigenvalue weighted by atomic mass is 32.2. The molecule has 3 N–H and O–H groups in total. The van der Waals surface area contributed by atoms with Crippen molar-refractivity contribution >= 4 is 35.1 Å². The van der Waals surface area contributed by atoms with Crippen LogP contribution in [0.4, 0.5) is 5.95 Å². The number of nitrogens with zero attached hydrogens (tertiary/aromatic N) is 5. The van der Waals surface area contributed by atoms with E-state index in [-0.39, 0.29) is 12.1 Å². The van der Waals surface area contributed by atoms with Gasteiger partial charge in [-0.2, -0.15) is 4.98 Å². The zero-order valence-corrected chi connectivity index (χ0v) is 18.0. The van der Waals surface area contributed by atoms with Crippen molar-refractivity contribution in [3.8, 4) is 0 Å². The van der Waals surface area contributed by atoms with E-state index < -0.39 is 0 Å². The fraction of sp³-hybridized carbons (Fsp3) is 0.217. The highest BCUT2D eigenvalue weighted by Crippen LogP contribution is 2.26. The van der Waals surface area contributed by atoms with Crippen LogP contribution < -0.4 is 16.3 Å². The normalized spacial score (nSPS) is 15.4. The number of hydrogen-bond acceptors (Lipinski definition) is 7. The summed E-state index contributed by atoms with van der Waals surface area (Å²) in [5.41, 5.74) is 9.84. The lowest BCUT2D eigenvalue weighted by molar-refractivity contribution is 0.328. The van der Waals surface area contributed by atoms with Crippen molar-refractivity contribution in [1.29, 1.82) is 0 Å². The number of imidazole rings is 1. The van der Waals surface area contributed by atoms with Crippen molar-refractivity contribution in [3.05, 3.63) is 76.6 Å². The molecule has 0 bridgehead atoms. The van der Waals surface area contributed by atoms with Gasteiger partial charge in [-0.1, -0.05) is 54.2 Å². The smallest absolute Gasteiger partial charge is 0.223 e. The molecule has 1 unspecified atom stereocenters. The third-order valence-corrected chi connectivity index (χ3v) is 6.44. The molecule has 1 aliphatic rings. The topological polar surface area (TPSA) is 96.1 Å². The van der Waals surface area contributed by atoms with Crippen LogP contribution in [-0.4, -0.2) is 43.3 Å². The summed E-state index contributed by atoms with van der Waals surface area (Å²) in [5, 5.41) is 3.03. The van der Waals surface area contributed by atoms with Crippen LogP contribution in [0.5, 0.6) is 0 Å². The van der Waals surface area contributed by atoms with Crippen LogP contribution in [-0.2, 0) is 6.42 Å². The van der Waals surface area contributed by atoms with Crippen molar-refractivity contribution in [2.45, 2.75) is 24.5 Å². The molecular weight excluding hydrogens is 406 g/mol. The van der Waals surface area contributed by atoms with Gasteiger partial charge in [0.05, 0.1) is 11.7 Å². The molecule has 156 valence electrons. The van der Waals surface area contributed by atoms with E-state index in [2.05, 4.69) is 86.5 Å². The number of benzene rings is 2. The quantitative estimate of drug-likeness (QED) is 0.361. The first-order valence-electron chi connectivity index (χ1n) is 10.2. The van der Waals surface area contributed by atoms with Crippen molar-refractivity contribution < 1.29 is 0 Å². The number of fused-ring (bicyclic) bond motifs is 2. The highest BCUT2D eigenvalue weighted by Gasteiger charge is 2.20. The van der Waals surface area contributed by atoms with E-state index in [0.717, 1.165) is 34.6 Å². The molecule has 2 aromatic heterocycles. The first-order chi connectivity index (χ1) is 15.2. The second-order valence-corrected chi connectivity index (χ2v) is 8.53. The van der Waals surface area contributed by atoms with Crippen LogP contribution in [0.25, 0.3) is 17.4 Å². The lowest BCUT2D eigenvalue weighted by atomic mass is 10.1. The van der Waals surface area contributed by atoms with Gasteiger partial charge in [0.25, 0.3) is 0 Å². The fourth-order valence-electron chi connectivity index (χ4n) is 3.76. The van der Waals surface area contributed by atoms with Crippen molar-refractivity contribution in [3.63, 3.8) is 0 Å². The van der Waals surface area contributed by atoms with Crippen LogP contribution in [0.2, 0.25) is 0 Å². The van der Waals surface area contributed by atoms with Gasteiger partial charge in [-0.3, -0.25) is 4.99 Å². The molecule has 0 amide bonds. The minimum atomic E-state index is -0.00262. The Morgan fingerprint density at radius 3 is 2.84 bits per heavy atom. The van der Waals surface area contributed by atoms with Crippen molar-refractivity contribution in [2.75, 3.05) is 18.0 Å². The standard InChI is InChI=1S/C23H23N7S/c1-15-6-5-9-18-17(15)12-30(11-10-16-7-3-2-4-8-16)19(27-18)13-31-22-20-21(26-14-25-20)28-23(24)29-22/h2-9,12,14,19H,10-11,13H2,1H3,(H3,24,25,26,28,29). The predicted octanol–water partition coefficient (Wildman–Crippen LogP) is 2.28. The summed E-state index contributed by atoms with van der Waals surface area (Å²) in [4.78, 5) is 23.4. The molecule has 0 radical (unpaired) electrons. The second kappa shape index (κ2) is 8.39. The lowest BCUT2D eigenvalue weighted by Gasteiger charge is -2.30. The van der Waals surface area contributed by atoms with E-state index in [1.165, 1.54) is 16.3 Å². The van der Waals surface area contributed by atoms with E-state index in [4.69, 9.17) is 10.7 Å². The number of aryl methyl sites for hydroxylation is 1. The molecule has 4 aromatic rings. The molecule has 0 saturated heterocycles. The Morgan fingerprint density at radius 2 is 1.97 bits per heavy atom. The third kappa shape index (κ3) is 4.11. The van der Waals surface area contributed by atoms with Gasteiger partial charge in [-0.25, -0.2) is 9.97 Å². The number of nitrogens with one attached hydrogen (secondary N) is 1. The molecule has 3 heterocycles. The minimum absolute atomic E-state index is 0.00262. The molecule has 8 heteroatoms. The Morgan fingerprint density at radius 1 is 1.10 bits per heavy atom. The SMILES string of the molecule is Cc1cccc2c1=CN(CCc1ccccc1)C(CSc1nc(N)nc3nc[nH]c13)N=2. The van der Waals surface area contributed by atoms with E-state index in [0.29, 0.717) is 5.65 Å². The number of nitrogen functional groups attached to an aromatic ring is 1. The molecule has 1 aliphatic heterocycles. The molecule has 0 aliphatic carbocycles. The van der Waals surface area contributed by atoms with Crippen LogP contribution in [0.1, 0.15) is 11.1 Å². The Balaban J connectivity index is 1.43. The van der Waals surface area contributed by atoms with Gasteiger partial charge in [-0.15, -0.1) is 0 Å².